The van der Waals surface area contributed by atoms with Crippen LogP contribution in [0.3, 0.4) is 0 Å². The largest absolute Gasteiger partial charge is 0.467 e. The minimum Gasteiger partial charge on any atom is -0.467 e. The Morgan fingerprint density at radius 2 is 2.28 bits per heavy atom. The molecular weight excluding hydrogens is 320 g/mol. The number of aromatic nitrogens is 3. The third kappa shape index (κ3) is 5.14. The second-order valence-electron chi connectivity index (χ2n) is 6.78. The van der Waals surface area contributed by atoms with E-state index in [2.05, 4.69) is 15.0 Å². The van der Waals surface area contributed by atoms with E-state index in [4.69, 9.17) is 9.15 Å². The number of furan rings is 1. The van der Waals surface area contributed by atoms with Crippen LogP contribution in [-0.2, 0) is 17.9 Å². The van der Waals surface area contributed by atoms with Crippen molar-refractivity contribution < 1.29 is 14.3 Å². The fourth-order valence-electron chi connectivity index (χ4n) is 3.45. The first-order valence-corrected chi connectivity index (χ1v) is 9.02. The third-order valence-corrected chi connectivity index (χ3v) is 4.68. The Morgan fingerprint density at radius 3 is 3.00 bits per heavy atom. The van der Waals surface area contributed by atoms with Gasteiger partial charge >= 0.3 is 0 Å². The van der Waals surface area contributed by atoms with Gasteiger partial charge in [0.05, 0.1) is 25.5 Å². The van der Waals surface area contributed by atoms with Gasteiger partial charge in [-0.2, -0.15) is 5.10 Å². The maximum absolute atomic E-state index is 10.3. The van der Waals surface area contributed by atoms with E-state index >= 15 is 0 Å². The van der Waals surface area contributed by atoms with Gasteiger partial charge in [-0.1, -0.05) is 6.42 Å². The highest BCUT2D eigenvalue weighted by Crippen LogP contribution is 2.19. The van der Waals surface area contributed by atoms with Crippen molar-refractivity contribution in [1.82, 2.24) is 19.7 Å². The number of β-amino-alcohol motifs (C(OH)–C–C–N with tert-alkyl or cyclic N) is 1. The highest BCUT2D eigenvalue weighted by atomic mass is 16.5. The molecule has 2 atom stereocenters. The van der Waals surface area contributed by atoms with Crippen LogP contribution in [0.4, 0.5) is 0 Å². The maximum atomic E-state index is 10.3. The molecule has 1 aliphatic rings. The Balaban J connectivity index is 1.49. The number of ether oxygens (including phenoxy) is 1. The maximum Gasteiger partial charge on any atom is 0.147 e. The molecule has 25 heavy (non-hydrogen) atoms. The molecule has 1 aliphatic heterocycles. The predicted octanol–water partition coefficient (Wildman–Crippen LogP) is 1.92. The molecule has 2 aromatic rings. The molecule has 0 aliphatic carbocycles. The van der Waals surface area contributed by atoms with E-state index in [1.165, 1.54) is 12.8 Å². The summed E-state index contributed by atoms with van der Waals surface area (Å²) in [6, 6.07) is 4.09. The van der Waals surface area contributed by atoms with Crippen LogP contribution in [0.15, 0.2) is 22.8 Å². The van der Waals surface area contributed by atoms with Crippen molar-refractivity contribution in [2.24, 2.45) is 0 Å². The molecule has 0 unspecified atom stereocenters. The van der Waals surface area contributed by atoms with E-state index in [1.54, 1.807) is 6.26 Å². The Bertz CT molecular complexity index is 641. The summed E-state index contributed by atoms with van der Waals surface area (Å²) in [6.07, 6.45) is 4.64. The van der Waals surface area contributed by atoms with E-state index in [0.29, 0.717) is 25.8 Å². The normalized spacial score (nSPS) is 20.0. The van der Waals surface area contributed by atoms with Crippen molar-refractivity contribution in [3.05, 3.63) is 35.8 Å². The van der Waals surface area contributed by atoms with Crippen LogP contribution in [0.2, 0.25) is 0 Å². The standard InChI is InChI=1S/C18H28N4O3/c1-14-19-15(2)22(20-14)10-16-6-3-4-8-21(16)11-17(23)12-24-13-18-7-5-9-25-18/h5,7,9,16-17,23H,3-4,6,8,10-13H2,1-2H3/t16-,17-/m1/s1. The number of likely N-dealkylation sites (tertiary alicyclic amines) is 1. The number of hydrogen-bond acceptors (Lipinski definition) is 6. The van der Waals surface area contributed by atoms with Gasteiger partial charge in [0.15, 0.2) is 0 Å². The van der Waals surface area contributed by atoms with Gasteiger partial charge in [0.1, 0.15) is 24.0 Å². The van der Waals surface area contributed by atoms with Gasteiger partial charge in [-0.25, -0.2) is 9.67 Å². The molecule has 7 nitrogen and oxygen atoms in total. The molecule has 7 heteroatoms. The van der Waals surface area contributed by atoms with Crippen molar-refractivity contribution in [2.75, 3.05) is 19.7 Å². The van der Waals surface area contributed by atoms with Crippen LogP contribution in [0, 0.1) is 13.8 Å². The molecule has 138 valence electrons. The first-order valence-electron chi connectivity index (χ1n) is 9.02. The zero-order valence-electron chi connectivity index (χ0n) is 15.1. The molecule has 0 radical (unpaired) electrons. The lowest BCUT2D eigenvalue weighted by Gasteiger charge is -2.36. The lowest BCUT2D eigenvalue weighted by atomic mass is 10.0. The predicted molar refractivity (Wildman–Crippen MR) is 93.1 cm³/mol. The van der Waals surface area contributed by atoms with Crippen LogP contribution in [0.25, 0.3) is 0 Å². The average Bonchev–Trinajstić information content (AvgIpc) is 3.19. The van der Waals surface area contributed by atoms with E-state index in [9.17, 15) is 5.11 Å². The summed E-state index contributed by atoms with van der Waals surface area (Å²) in [6.45, 7) is 7.07. The van der Waals surface area contributed by atoms with E-state index in [0.717, 1.165) is 36.9 Å². The van der Waals surface area contributed by atoms with Crippen molar-refractivity contribution in [3.63, 3.8) is 0 Å². The number of piperidine rings is 1. The van der Waals surface area contributed by atoms with Gasteiger partial charge in [-0.3, -0.25) is 4.90 Å². The number of rotatable bonds is 8. The van der Waals surface area contributed by atoms with Crippen molar-refractivity contribution >= 4 is 0 Å². The van der Waals surface area contributed by atoms with Gasteiger partial charge in [0.25, 0.3) is 0 Å². The number of aliphatic hydroxyl groups is 1. The fourth-order valence-corrected chi connectivity index (χ4v) is 3.45. The van der Waals surface area contributed by atoms with Gasteiger partial charge in [-0.15, -0.1) is 0 Å². The quantitative estimate of drug-likeness (QED) is 0.785. The summed E-state index contributed by atoms with van der Waals surface area (Å²) in [4.78, 5) is 6.74. The average molecular weight is 348 g/mol. The molecule has 0 bridgehead atoms. The van der Waals surface area contributed by atoms with Gasteiger partial charge in [0.2, 0.25) is 0 Å². The SMILES string of the molecule is Cc1nc(C)n(C[C@H]2CCCCN2C[C@@H](O)COCc2ccco2)n1. The lowest BCUT2D eigenvalue weighted by molar-refractivity contribution is -0.00935. The molecule has 3 rings (SSSR count). The second kappa shape index (κ2) is 8.60. The van der Waals surface area contributed by atoms with Crippen LogP contribution in [0.5, 0.6) is 0 Å². The van der Waals surface area contributed by atoms with Gasteiger partial charge in [0, 0.05) is 12.6 Å². The minimum absolute atomic E-state index is 0.311. The number of aliphatic hydroxyl groups excluding tert-OH is 1. The van der Waals surface area contributed by atoms with E-state index in [-0.39, 0.29) is 0 Å². The number of hydrogen-bond donors (Lipinski definition) is 1. The Kier molecular flexibility index (Phi) is 6.23. The third-order valence-electron chi connectivity index (χ3n) is 4.68. The van der Waals surface area contributed by atoms with Crippen LogP contribution >= 0.6 is 0 Å². The molecule has 0 saturated carbocycles. The van der Waals surface area contributed by atoms with E-state index in [1.807, 2.05) is 30.7 Å². The molecule has 2 aromatic heterocycles. The van der Waals surface area contributed by atoms with Crippen LogP contribution < -0.4 is 0 Å². The van der Waals surface area contributed by atoms with Crippen LogP contribution in [-0.4, -0.2) is 56.6 Å². The highest BCUT2D eigenvalue weighted by Gasteiger charge is 2.25. The molecule has 0 aromatic carbocycles. The summed E-state index contributed by atoms with van der Waals surface area (Å²) in [5, 5.41) is 14.8. The summed E-state index contributed by atoms with van der Waals surface area (Å²) >= 11 is 0. The zero-order chi connectivity index (χ0) is 17.6. The van der Waals surface area contributed by atoms with Crippen LogP contribution in [0.1, 0.15) is 36.7 Å². The molecule has 1 N–H and O–H groups in total. The smallest absolute Gasteiger partial charge is 0.147 e. The van der Waals surface area contributed by atoms with Gasteiger partial charge < -0.3 is 14.3 Å². The highest BCUT2D eigenvalue weighted by molar-refractivity contribution is 4.96. The molecule has 1 fully saturated rings. The number of aryl methyl sites for hydroxylation is 2. The Labute approximate surface area is 148 Å². The Hall–Kier alpha value is -1.70. The van der Waals surface area contributed by atoms with Gasteiger partial charge in [-0.05, 0) is 45.4 Å². The van der Waals surface area contributed by atoms with Crippen molar-refractivity contribution in [2.45, 2.75) is 58.4 Å². The van der Waals surface area contributed by atoms with Crippen molar-refractivity contribution in [1.29, 1.82) is 0 Å². The summed E-state index contributed by atoms with van der Waals surface area (Å²) in [5.41, 5.74) is 0. The minimum atomic E-state index is -0.505. The zero-order valence-corrected chi connectivity index (χ0v) is 15.1. The number of nitrogens with zero attached hydrogens (tertiary/aromatic N) is 4. The monoisotopic (exact) mass is 348 g/mol. The first kappa shape index (κ1) is 18.1. The molecule has 1 saturated heterocycles. The summed E-state index contributed by atoms with van der Waals surface area (Å²) < 4.78 is 12.8. The summed E-state index contributed by atoms with van der Waals surface area (Å²) in [7, 11) is 0. The van der Waals surface area contributed by atoms with Crippen molar-refractivity contribution in [3.8, 4) is 0 Å². The van der Waals surface area contributed by atoms with E-state index < -0.39 is 6.10 Å². The molecular formula is C18H28N4O3. The summed E-state index contributed by atoms with van der Waals surface area (Å²) in [5.74, 6) is 2.54. The second-order valence-corrected chi connectivity index (χ2v) is 6.78. The Morgan fingerprint density at radius 1 is 1.40 bits per heavy atom. The first-order chi connectivity index (χ1) is 12.1. The topological polar surface area (TPSA) is 76.6 Å². The fraction of sp³-hybridized carbons (Fsp3) is 0.667. The lowest BCUT2D eigenvalue weighted by Crippen LogP contribution is -2.46. The molecule has 0 spiro atoms. The molecule has 3 heterocycles. The molecule has 0 amide bonds.